The first-order valence-electron chi connectivity index (χ1n) is 7.76. The van der Waals surface area contributed by atoms with Gasteiger partial charge in [-0.2, -0.15) is 0 Å². The Morgan fingerprint density at radius 1 is 1.29 bits per heavy atom. The molecule has 3 nitrogen and oxygen atoms in total. The molecule has 0 aromatic heterocycles. The number of nitrogens with one attached hydrogen (secondary N) is 1. The van der Waals surface area contributed by atoms with E-state index in [0.29, 0.717) is 19.1 Å². The van der Waals surface area contributed by atoms with Gasteiger partial charge in [-0.1, -0.05) is 18.6 Å². The molecule has 2 bridgehead atoms. The fourth-order valence-electron chi connectivity index (χ4n) is 3.41. The minimum absolute atomic E-state index is 0.149. The van der Waals surface area contributed by atoms with Gasteiger partial charge in [-0.3, -0.25) is 4.79 Å². The monoisotopic (exact) mass is 293 g/mol. The number of fused-ring (bicyclic) bond motifs is 2. The van der Waals surface area contributed by atoms with Crippen LogP contribution in [0.5, 0.6) is 0 Å². The van der Waals surface area contributed by atoms with Crippen LogP contribution in [0.25, 0.3) is 0 Å². The van der Waals surface area contributed by atoms with E-state index in [9.17, 15) is 9.18 Å². The predicted molar refractivity (Wildman–Crippen MR) is 80.2 cm³/mol. The third kappa shape index (κ3) is 4.81. The third-order valence-corrected chi connectivity index (χ3v) is 4.45. The normalized spacial score (nSPS) is 26.1. The molecule has 1 aromatic rings. The van der Waals surface area contributed by atoms with Gasteiger partial charge in [0.2, 0.25) is 0 Å². The van der Waals surface area contributed by atoms with Crippen LogP contribution < -0.4 is 5.32 Å². The molecule has 0 aliphatic heterocycles. The van der Waals surface area contributed by atoms with Crippen molar-refractivity contribution in [2.45, 2.75) is 45.2 Å². The van der Waals surface area contributed by atoms with Gasteiger partial charge in [0.15, 0.2) is 0 Å². The van der Waals surface area contributed by atoms with Gasteiger partial charge in [0.1, 0.15) is 5.82 Å². The lowest BCUT2D eigenvalue weighted by Gasteiger charge is -2.23. The van der Waals surface area contributed by atoms with Gasteiger partial charge in [0.25, 0.3) is 6.47 Å². The van der Waals surface area contributed by atoms with E-state index < -0.39 is 0 Å². The summed E-state index contributed by atoms with van der Waals surface area (Å²) in [4.78, 5) is 9.18. The SMILES string of the molecule is CCOC=O.Fc1ccc(CNC2CC3CCC2C3)cc1. The molecule has 3 atom stereocenters. The number of carbonyl (C=O) groups is 1. The Morgan fingerprint density at radius 3 is 2.52 bits per heavy atom. The van der Waals surface area contributed by atoms with E-state index in [1.54, 1.807) is 6.92 Å². The molecule has 0 heterocycles. The summed E-state index contributed by atoms with van der Waals surface area (Å²) in [5, 5.41) is 3.63. The number of hydrogen-bond donors (Lipinski definition) is 1. The number of halogens is 1. The van der Waals surface area contributed by atoms with E-state index in [0.717, 1.165) is 18.4 Å². The predicted octanol–water partition coefficient (Wildman–Crippen LogP) is 3.28. The van der Waals surface area contributed by atoms with Crippen molar-refractivity contribution in [2.75, 3.05) is 6.61 Å². The summed E-state index contributed by atoms with van der Waals surface area (Å²) in [5.41, 5.74) is 1.18. The molecule has 21 heavy (non-hydrogen) atoms. The molecule has 0 amide bonds. The van der Waals surface area contributed by atoms with Crippen molar-refractivity contribution in [1.82, 2.24) is 5.32 Å². The number of ether oxygens (including phenoxy) is 1. The second kappa shape index (κ2) is 8.13. The number of benzene rings is 1. The smallest absolute Gasteiger partial charge is 0.293 e. The van der Waals surface area contributed by atoms with Gasteiger partial charge < -0.3 is 10.1 Å². The molecule has 2 aliphatic carbocycles. The molecule has 1 N–H and O–H groups in total. The van der Waals surface area contributed by atoms with E-state index >= 15 is 0 Å². The fraction of sp³-hybridized carbons (Fsp3) is 0.588. The molecule has 0 radical (unpaired) electrons. The second-order valence-electron chi connectivity index (χ2n) is 5.84. The summed E-state index contributed by atoms with van der Waals surface area (Å²) in [5.74, 6) is 1.74. The molecule has 2 fully saturated rings. The average Bonchev–Trinajstić information content (AvgIpc) is 3.11. The molecule has 0 spiro atoms. The zero-order valence-corrected chi connectivity index (χ0v) is 12.6. The number of carbonyl (C=O) groups excluding carboxylic acids is 1. The molecule has 3 rings (SSSR count). The van der Waals surface area contributed by atoms with Crippen molar-refractivity contribution >= 4 is 6.47 Å². The molecule has 1 aromatic carbocycles. The zero-order valence-electron chi connectivity index (χ0n) is 12.6. The molecule has 2 saturated carbocycles. The van der Waals surface area contributed by atoms with E-state index in [-0.39, 0.29) is 5.82 Å². The average molecular weight is 293 g/mol. The molecule has 0 saturated heterocycles. The van der Waals surface area contributed by atoms with Crippen LogP contribution in [0.1, 0.15) is 38.2 Å². The minimum atomic E-state index is -0.149. The number of hydrogen-bond acceptors (Lipinski definition) is 3. The first kappa shape index (κ1) is 16.0. The Kier molecular flexibility index (Phi) is 6.18. The summed E-state index contributed by atoms with van der Waals surface area (Å²) in [7, 11) is 0. The topological polar surface area (TPSA) is 38.3 Å². The Labute approximate surface area is 125 Å². The van der Waals surface area contributed by atoms with Crippen molar-refractivity contribution < 1.29 is 13.9 Å². The fourth-order valence-corrected chi connectivity index (χ4v) is 3.41. The zero-order chi connectivity index (χ0) is 15.1. The van der Waals surface area contributed by atoms with Crippen molar-refractivity contribution in [3.8, 4) is 0 Å². The highest BCUT2D eigenvalue weighted by Gasteiger charge is 2.38. The summed E-state index contributed by atoms with van der Waals surface area (Å²) in [6, 6.07) is 7.53. The Morgan fingerprint density at radius 2 is 2.05 bits per heavy atom. The summed E-state index contributed by atoms with van der Waals surface area (Å²) in [6.45, 7) is 3.55. The summed E-state index contributed by atoms with van der Waals surface area (Å²) >= 11 is 0. The van der Waals surface area contributed by atoms with E-state index in [1.807, 2.05) is 12.1 Å². The lowest BCUT2D eigenvalue weighted by Crippen LogP contribution is -2.33. The van der Waals surface area contributed by atoms with Crippen LogP contribution in [0.2, 0.25) is 0 Å². The highest BCUT2D eigenvalue weighted by molar-refractivity contribution is 5.36. The highest BCUT2D eigenvalue weighted by atomic mass is 19.1. The van der Waals surface area contributed by atoms with Gasteiger partial charge in [-0.15, -0.1) is 0 Å². The van der Waals surface area contributed by atoms with E-state index in [1.165, 1.54) is 43.4 Å². The van der Waals surface area contributed by atoms with Crippen LogP contribution in [-0.2, 0) is 16.1 Å². The van der Waals surface area contributed by atoms with Gasteiger partial charge in [-0.05, 0) is 55.7 Å². The quantitative estimate of drug-likeness (QED) is 0.847. The van der Waals surface area contributed by atoms with Crippen LogP contribution in [0.4, 0.5) is 4.39 Å². The van der Waals surface area contributed by atoms with Crippen molar-refractivity contribution in [3.63, 3.8) is 0 Å². The van der Waals surface area contributed by atoms with Crippen molar-refractivity contribution in [1.29, 1.82) is 0 Å². The minimum Gasteiger partial charge on any atom is -0.468 e. The standard InChI is InChI=1S/C14H18FN.C3H6O2/c15-13-5-2-10(3-6-13)9-16-14-8-11-1-4-12(14)7-11;1-2-5-3-4/h2-3,5-6,11-12,14,16H,1,4,7-9H2;3H,2H2,1H3. The number of rotatable bonds is 5. The van der Waals surface area contributed by atoms with E-state index in [4.69, 9.17) is 0 Å². The first-order chi connectivity index (χ1) is 10.2. The largest absolute Gasteiger partial charge is 0.468 e. The molecule has 4 heteroatoms. The maximum absolute atomic E-state index is 12.7. The van der Waals surface area contributed by atoms with E-state index in [2.05, 4.69) is 10.1 Å². The van der Waals surface area contributed by atoms with Crippen LogP contribution in [0.3, 0.4) is 0 Å². The molecular formula is C17H24FNO2. The van der Waals surface area contributed by atoms with Gasteiger partial charge in [0, 0.05) is 12.6 Å². The Balaban J connectivity index is 0.000000282. The van der Waals surface area contributed by atoms with Crippen molar-refractivity contribution in [3.05, 3.63) is 35.6 Å². The Bertz CT molecular complexity index is 435. The lowest BCUT2D eigenvalue weighted by molar-refractivity contribution is -0.128. The molecular weight excluding hydrogens is 269 g/mol. The lowest BCUT2D eigenvalue weighted by atomic mass is 9.95. The van der Waals surface area contributed by atoms with Gasteiger partial charge in [0.05, 0.1) is 6.61 Å². The van der Waals surface area contributed by atoms with Crippen LogP contribution in [0.15, 0.2) is 24.3 Å². The van der Waals surface area contributed by atoms with Crippen molar-refractivity contribution in [2.24, 2.45) is 11.8 Å². The van der Waals surface area contributed by atoms with Crippen LogP contribution >= 0.6 is 0 Å². The third-order valence-electron chi connectivity index (χ3n) is 4.45. The maximum Gasteiger partial charge on any atom is 0.293 e. The van der Waals surface area contributed by atoms with Gasteiger partial charge in [-0.25, -0.2) is 4.39 Å². The van der Waals surface area contributed by atoms with Gasteiger partial charge >= 0.3 is 0 Å². The summed E-state index contributed by atoms with van der Waals surface area (Å²) < 4.78 is 16.9. The molecule has 3 unspecified atom stereocenters. The Hall–Kier alpha value is -1.42. The molecule has 116 valence electrons. The highest BCUT2D eigenvalue weighted by Crippen LogP contribution is 2.44. The molecule has 2 aliphatic rings. The van der Waals surface area contributed by atoms with Crippen LogP contribution in [-0.4, -0.2) is 19.1 Å². The maximum atomic E-state index is 12.7. The summed E-state index contributed by atoms with van der Waals surface area (Å²) in [6.07, 6.45) is 5.64. The van der Waals surface area contributed by atoms with Crippen LogP contribution in [0, 0.1) is 17.7 Å². The first-order valence-corrected chi connectivity index (χ1v) is 7.76. The second-order valence-corrected chi connectivity index (χ2v) is 5.84.